The van der Waals surface area contributed by atoms with Gasteiger partial charge in [-0.3, -0.25) is 4.79 Å². The summed E-state index contributed by atoms with van der Waals surface area (Å²) < 4.78 is 0. The first-order valence-electron chi connectivity index (χ1n) is 4.51. The molecule has 1 aromatic heterocycles. The summed E-state index contributed by atoms with van der Waals surface area (Å²) in [6.45, 7) is 1.99. The van der Waals surface area contributed by atoms with Crippen molar-refractivity contribution in [1.29, 1.82) is 0 Å². The second-order valence-corrected chi connectivity index (χ2v) is 3.76. The number of aromatic carboxylic acids is 1. The van der Waals surface area contributed by atoms with Crippen LogP contribution in [0.15, 0.2) is 5.38 Å². The maximum Gasteiger partial charge on any atom is 0.355 e. The van der Waals surface area contributed by atoms with Gasteiger partial charge < -0.3 is 10.4 Å². The van der Waals surface area contributed by atoms with Gasteiger partial charge in [0.25, 0.3) is 5.91 Å². The van der Waals surface area contributed by atoms with E-state index in [4.69, 9.17) is 5.11 Å². The number of hydrogen-bond donors (Lipinski definition) is 2. The van der Waals surface area contributed by atoms with Gasteiger partial charge in [0.1, 0.15) is 0 Å². The second-order valence-electron chi connectivity index (χ2n) is 2.81. The van der Waals surface area contributed by atoms with Gasteiger partial charge in [-0.15, -0.1) is 11.3 Å². The first-order chi connectivity index (χ1) is 7.63. The van der Waals surface area contributed by atoms with Gasteiger partial charge >= 0.3 is 5.97 Å². The topological polar surface area (TPSA) is 79.3 Å². The molecule has 0 saturated carbocycles. The summed E-state index contributed by atoms with van der Waals surface area (Å²) in [5.41, 5.74) is 0.0414. The van der Waals surface area contributed by atoms with Gasteiger partial charge in [-0.1, -0.05) is 5.92 Å². The minimum atomic E-state index is -1.04. The maximum absolute atomic E-state index is 11.0. The molecular formula is C10H10N2O3S. The Labute approximate surface area is 96.5 Å². The molecule has 0 aromatic carbocycles. The van der Waals surface area contributed by atoms with Crippen LogP contribution >= 0.6 is 11.3 Å². The fourth-order valence-electron chi connectivity index (χ4n) is 0.965. The standard InChI is InChI=1S/C10H10N2O3S/c1-2-3-8(13)11-5-4-9-12-7(6-16-9)10(14)15/h6H,4-5H2,1H3,(H,11,13)(H,14,15). The van der Waals surface area contributed by atoms with E-state index in [0.717, 1.165) is 0 Å². The number of carboxylic acid groups (broad SMARTS) is 1. The van der Waals surface area contributed by atoms with Gasteiger partial charge in [-0.25, -0.2) is 9.78 Å². The third kappa shape index (κ3) is 3.71. The predicted octanol–water partition coefficient (Wildman–Crippen LogP) is 0.523. The average molecular weight is 238 g/mol. The number of amides is 1. The molecule has 5 nitrogen and oxygen atoms in total. The molecule has 0 aliphatic carbocycles. The number of nitrogens with zero attached hydrogens (tertiary/aromatic N) is 1. The lowest BCUT2D eigenvalue weighted by molar-refractivity contribution is -0.115. The van der Waals surface area contributed by atoms with E-state index in [-0.39, 0.29) is 11.6 Å². The summed E-state index contributed by atoms with van der Waals surface area (Å²) in [7, 11) is 0. The lowest BCUT2D eigenvalue weighted by atomic mass is 10.4. The molecule has 1 heterocycles. The van der Waals surface area contributed by atoms with Crippen LogP contribution in [-0.4, -0.2) is 28.5 Å². The fourth-order valence-corrected chi connectivity index (χ4v) is 1.74. The van der Waals surface area contributed by atoms with E-state index in [1.807, 2.05) is 0 Å². The molecule has 1 amide bonds. The van der Waals surface area contributed by atoms with Crippen LogP contribution in [0.25, 0.3) is 0 Å². The highest BCUT2D eigenvalue weighted by molar-refractivity contribution is 7.09. The van der Waals surface area contributed by atoms with Crippen LogP contribution in [0.3, 0.4) is 0 Å². The minimum Gasteiger partial charge on any atom is -0.476 e. The van der Waals surface area contributed by atoms with Crippen LogP contribution in [0.2, 0.25) is 0 Å². The number of nitrogens with one attached hydrogen (secondary N) is 1. The Hall–Kier alpha value is -1.87. The molecule has 1 aromatic rings. The number of carbonyl (C=O) groups is 2. The predicted molar refractivity (Wildman–Crippen MR) is 59.2 cm³/mol. The van der Waals surface area contributed by atoms with E-state index in [1.165, 1.54) is 16.7 Å². The van der Waals surface area contributed by atoms with Gasteiger partial charge in [0, 0.05) is 18.3 Å². The zero-order chi connectivity index (χ0) is 12.0. The average Bonchev–Trinajstić information content (AvgIpc) is 2.67. The number of carbonyl (C=O) groups excluding carboxylic acids is 1. The lowest BCUT2D eigenvalue weighted by Gasteiger charge is -1.97. The smallest absolute Gasteiger partial charge is 0.355 e. The van der Waals surface area contributed by atoms with Gasteiger partial charge in [-0.05, 0) is 12.8 Å². The molecule has 0 radical (unpaired) electrons. The van der Waals surface area contributed by atoms with E-state index >= 15 is 0 Å². The normalized spacial score (nSPS) is 9.06. The van der Waals surface area contributed by atoms with E-state index in [1.54, 1.807) is 6.92 Å². The second kappa shape index (κ2) is 5.88. The zero-order valence-corrected chi connectivity index (χ0v) is 9.43. The molecule has 0 bridgehead atoms. The van der Waals surface area contributed by atoms with Gasteiger partial charge in [0.15, 0.2) is 5.69 Å². The zero-order valence-electron chi connectivity index (χ0n) is 8.61. The summed E-state index contributed by atoms with van der Waals surface area (Å²) >= 11 is 1.26. The maximum atomic E-state index is 11.0. The van der Waals surface area contributed by atoms with Crippen molar-refractivity contribution >= 4 is 23.2 Å². The van der Waals surface area contributed by atoms with Crippen LogP contribution in [0.4, 0.5) is 0 Å². The van der Waals surface area contributed by atoms with Gasteiger partial charge in [0.05, 0.1) is 5.01 Å². The molecular weight excluding hydrogens is 228 g/mol. The molecule has 0 aliphatic rings. The highest BCUT2D eigenvalue weighted by atomic mass is 32.1. The molecule has 16 heavy (non-hydrogen) atoms. The molecule has 0 spiro atoms. The number of hydrogen-bond acceptors (Lipinski definition) is 4. The van der Waals surface area contributed by atoms with E-state index in [0.29, 0.717) is 18.0 Å². The summed E-state index contributed by atoms with van der Waals surface area (Å²) in [6, 6.07) is 0. The third-order valence-corrected chi connectivity index (χ3v) is 2.54. The van der Waals surface area contributed by atoms with Crippen LogP contribution in [0.5, 0.6) is 0 Å². The summed E-state index contributed by atoms with van der Waals surface area (Å²) in [5, 5.41) is 13.4. The van der Waals surface area contributed by atoms with Gasteiger partial charge in [0.2, 0.25) is 0 Å². The largest absolute Gasteiger partial charge is 0.476 e. The quantitative estimate of drug-likeness (QED) is 0.750. The van der Waals surface area contributed by atoms with E-state index in [2.05, 4.69) is 22.1 Å². The number of carboxylic acids is 1. The monoisotopic (exact) mass is 238 g/mol. The molecule has 0 atom stereocenters. The Morgan fingerprint density at radius 1 is 1.62 bits per heavy atom. The Morgan fingerprint density at radius 2 is 2.38 bits per heavy atom. The van der Waals surface area contributed by atoms with Crippen LogP contribution < -0.4 is 5.32 Å². The first-order valence-corrected chi connectivity index (χ1v) is 5.39. The summed E-state index contributed by atoms with van der Waals surface area (Å²) in [4.78, 5) is 25.4. The highest BCUT2D eigenvalue weighted by Crippen LogP contribution is 2.09. The third-order valence-electron chi connectivity index (χ3n) is 1.63. The van der Waals surface area contributed by atoms with Crippen LogP contribution in [0, 0.1) is 11.8 Å². The van der Waals surface area contributed by atoms with Crippen molar-refractivity contribution in [2.24, 2.45) is 0 Å². The van der Waals surface area contributed by atoms with Crippen molar-refractivity contribution in [3.63, 3.8) is 0 Å². The SMILES string of the molecule is CC#CC(=O)NCCc1nc(C(=O)O)cs1. The molecule has 0 saturated heterocycles. The minimum absolute atomic E-state index is 0.0414. The van der Waals surface area contributed by atoms with Crippen molar-refractivity contribution < 1.29 is 14.7 Å². The first kappa shape index (κ1) is 12.2. The van der Waals surface area contributed by atoms with Gasteiger partial charge in [-0.2, -0.15) is 0 Å². The Bertz CT molecular complexity index is 456. The highest BCUT2D eigenvalue weighted by Gasteiger charge is 2.08. The molecule has 0 unspecified atom stereocenters. The Balaban J connectivity index is 2.39. The van der Waals surface area contributed by atoms with Crippen LogP contribution in [-0.2, 0) is 11.2 Å². The Morgan fingerprint density at radius 3 is 2.94 bits per heavy atom. The molecule has 6 heteroatoms. The summed E-state index contributed by atoms with van der Waals surface area (Å²) in [5.74, 6) is 3.45. The number of rotatable bonds is 4. The van der Waals surface area contributed by atoms with E-state index < -0.39 is 5.97 Å². The van der Waals surface area contributed by atoms with Crippen LogP contribution in [0.1, 0.15) is 22.4 Å². The van der Waals surface area contributed by atoms with Crippen molar-refractivity contribution in [3.8, 4) is 11.8 Å². The lowest BCUT2D eigenvalue weighted by Crippen LogP contribution is -2.23. The van der Waals surface area contributed by atoms with E-state index in [9.17, 15) is 9.59 Å². The molecule has 0 aliphatic heterocycles. The molecule has 1 rings (SSSR count). The molecule has 0 fully saturated rings. The van der Waals surface area contributed by atoms with Crippen molar-refractivity contribution in [2.75, 3.05) is 6.54 Å². The Kier molecular flexibility index (Phi) is 4.48. The fraction of sp³-hybridized carbons (Fsp3) is 0.300. The number of aromatic nitrogens is 1. The van der Waals surface area contributed by atoms with Crippen molar-refractivity contribution in [3.05, 3.63) is 16.1 Å². The molecule has 84 valence electrons. The van der Waals surface area contributed by atoms with Crippen molar-refractivity contribution in [1.82, 2.24) is 10.3 Å². The van der Waals surface area contributed by atoms with Crippen molar-refractivity contribution in [2.45, 2.75) is 13.3 Å². The number of thiazole rings is 1. The molecule has 2 N–H and O–H groups in total. The summed E-state index contributed by atoms with van der Waals surface area (Å²) in [6.07, 6.45) is 0.509.